The molecule has 0 heterocycles. The van der Waals surface area contributed by atoms with Crippen LogP contribution in [0.1, 0.15) is 63.3 Å². The van der Waals surface area contributed by atoms with Crippen molar-refractivity contribution in [3.05, 3.63) is 107 Å². The Bertz CT molecular complexity index is 1440. The summed E-state index contributed by atoms with van der Waals surface area (Å²) in [5.74, 6) is 0. The van der Waals surface area contributed by atoms with Gasteiger partial charge in [-0.1, -0.05) is 42.5 Å². The Balaban J connectivity index is 0.00000600. The van der Waals surface area contributed by atoms with Crippen LogP contribution in [0.15, 0.2) is 84.9 Å². The zero-order valence-electron chi connectivity index (χ0n) is 29.7. The van der Waals surface area contributed by atoms with Gasteiger partial charge in [0.15, 0.2) is 0 Å². The zero-order valence-corrected chi connectivity index (χ0v) is 32.8. The minimum absolute atomic E-state index is 0. The maximum absolute atomic E-state index is 5.69. The molecule has 6 nitrogen and oxygen atoms in total. The summed E-state index contributed by atoms with van der Waals surface area (Å²) < 4.78 is 19.5. The van der Waals surface area contributed by atoms with Gasteiger partial charge >= 0.3 is 8.80 Å². The van der Waals surface area contributed by atoms with Gasteiger partial charge in [0.2, 0.25) is 5.71 Å². The Morgan fingerprint density at radius 1 is 0.638 bits per heavy atom. The van der Waals surface area contributed by atoms with Crippen molar-refractivity contribution in [2.75, 3.05) is 70.4 Å². The van der Waals surface area contributed by atoms with E-state index in [1.54, 1.807) is 21.3 Å². The van der Waals surface area contributed by atoms with Crippen LogP contribution in [0.3, 0.4) is 0 Å². The maximum Gasteiger partial charge on any atom is 0.500 e. The first-order valence-electron chi connectivity index (χ1n) is 16.9. The average molecular weight is 768 g/mol. The standard InChI is InChI=1S/C39H54N3O3Si.HI/c1-9-40(10-2)33-23-19-31(20-24-33)39(32-21-25-34(26-22-32)41(11-3)12-4)37-27-28-38(36-18-15-14-17-35(36)37)42(13-5)29-16-30-46(43-6,44-7)45-8;/h14-15,17-28H,9-13,16,29-30H2,1-8H3;1H/q+1;/p-1. The van der Waals surface area contributed by atoms with E-state index in [0.717, 1.165) is 51.7 Å². The van der Waals surface area contributed by atoms with Gasteiger partial charge in [-0.05, 0) is 98.9 Å². The predicted octanol–water partition coefficient (Wildman–Crippen LogP) is 5.00. The molecule has 0 fully saturated rings. The molecule has 47 heavy (non-hydrogen) atoms. The number of allylic oxidation sites excluding steroid dienone is 3. The Kier molecular flexibility index (Phi) is 15.4. The highest BCUT2D eigenvalue weighted by Gasteiger charge is 2.37. The number of nitrogens with zero attached hydrogens (tertiary/aromatic N) is 3. The lowest BCUT2D eigenvalue weighted by Crippen LogP contribution is -3.00. The highest BCUT2D eigenvalue weighted by molar-refractivity contribution is 6.60. The van der Waals surface area contributed by atoms with Crippen LogP contribution in [0, 0.1) is 0 Å². The highest BCUT2D eigenvalue weighted by atomic mass is 127. The molecular weight excluding hydrogens is 713 g/mol. The summed E-state index contributed by atoms with van der Waals surface area (Å²) in [6.07, 6.45) is 5.55. The lowest BCUT2D eigenvalue weighted by atomic mass is 9.83. The van der Waals surface area contributed by atoms with E-state index in [1.165, 1.54) is 50.5 Å². The second-order valence-corrected chi connectivity index (χ2v) is 14.6. The molecule has 4 rings (SSSR count). The van der Waals surface area contributed by atoms with Crippen molar-refractivity contribution in [2.24, 2.45) is 0 Å². The van der Waals surface area contributed by atoms with Gasteiger partial charge < -0.3 is 47.1 Å². The average Bonchev–Trinajstić information content (AvgIpc) is 3.11. The van der Waals surface area contributed by atoms with Crippen molar-refractivity contribution >= 4 is 37.0 Å². The molecule has 0 aliphatic heterocycles. The fraction of sp³-hybridized carbons (Fsp3) is 0.410. The van der Waals surface area contributed by atoms with Crippen LogP contribution in [0.2, 0.25) is 6.04 Å². The quantitative estimate of drug-likeness (QED) is 0.117. The SMILES string of the molecule is CCN(CC)c1ccc(C(=C2C=CC(=[N+](CC)CCC[Si](OC)(OC)OC)c3ccccc32)c2ccc(N(CC)CC)cc2)cc1.[I-]. The fourth-order valence-electron chi connectivity index (χ4n) is 6.60. The lowest BCUT2D eigenvalue weighted by Gasteiger charge is -2.24. The third kappa shape index (κ3) is 8.83. The number of anilines is 2. The van der Waals surface area contributed by atoms with Gasteiger partial charge in [-0.2, -0.15) is 0 Å². The Morgan fingerprint density at radius 2 is 1.11 bits per heavy atom. The third-order valence-electron chi connectivity index (χ3n) is 9.31. The van der Waals surface area contributed by atoms with Crippen molar-refractivity contribution in [2.45, 2.75) is 47.1 Å². The zero-order chi connectivity index (χ0) is 33.1. The van der Waals surface area contributed by atoms with Crippen LogP contribution in [0.5, 0.6) is 0 Å². The van der Waals surface area contributed by atoms with E-state index in [9.17, 15) is 0 Å². The Labute approximate surface area is 302 Å². The number of fused-ring (bicyclic) bond motifs is 1. The first-order valence-corrected chi connectivity index (χ1v) is 18.9. The van der Waals surface area contributed by atoms with Gasteiger partial charge in [0.25, 0.3) is 0 Å². The lowest BCUT2D eigenvalue weighted by molar-refractivity contribution is -0.523. The molecule has 0 bridgehead atoms. The normalized spacial score (nSPS) is 13.6. The summed E-state index contributed by atoms with van der Waals surface area (Å²) in [4.78, 5) is 4.79. The van der Waals surface area contributed by atoms with Crippen LogP contribution < -0.4 is 33.8 Å². The summed E-state index contributed by atoms with van der Waals surface area (Å²) in [5, 5.41) is 0. The number of hydrogen-bond donors (Lipinski definition) is 0. The van der Waals surface area contributed by atoms with E-state index in [4.69, 9.17) is 13.3 Å². The second-order valence-electron chi connectivity index (χ2n) is 11.5. The van der Waals surface area contributed by atoms with Crippen molar-refractivity contribution < 1.29 is 41.8 Å². The largest absolute Gasteiger partial charge is 1.00 e. The monoisotopic (exact) mass is 767 g/mol. The van der Waals surface area contributed by atoms with Crippen LogP contribution in [0.25, 0.3) is 11.1 Å². The molecule has 0 saturated heterocycles. The molecule has 0 amide bonds. The molecule has 1 aliphatic rings. The summed E-state index contributed by atoms with van der Waals surface area (Å²) in [6.45, 7) is 16.8. The predicted molar refractivity (Wildman–Crippen MR) is 197 cm³/mol. The Morgan fingerprint density at radius 3 is 1.53 bits per heavy atom. The molecule has 0 aromatic heterocycles. The molecule has 0 unspecified atom stereocenters. The molecule has 1 aliphatic carbocycles. The minimum atomic E-state index is -2.62. The third-order valence-corrected chi connectivity index (χ3v) is 12.1. The summed E-state index contributed by atoms with van der Waals surface area (Å²) >= 11 is 0. The first kappa shape index (κ1) is 38.7. The van der Waals surface area contributed by atoms with Crippen LogP contribution in [-0.4, -0.2) is 79.7 Å². The van der Waals surface area contributed by atoms with Gasteiger partial charge in [0.05, 0.1) is 5.56 Å². The molecular formula is C39H54IN3O3Si. The smallest absolute Gasteiger partial charge is 0.500 e. The number of hydrogen-bond acceptors (Lipinski definition) is 5. The number of benzene rings is 3. The maximum atomic E-state index is 5.69. The summed E-state index contributed by atoms with van der Waals surface area (Å²) in [6, 6.07) is 27.9. The molecule has 254 valence electrons. The van der Waals surface area contributed by atoms with E-state index in [0.29, 0.717) is 0 Å². The molecule has 3 aromatic carbocycles. The van der Waals surface area contributed by atoms with E-state index < -0.39 is 8.80 Å². The molecule has 0 N–H and O–H groups in total. The minimum Gasteiger partial charge on any atom is -1.00 e. The van der Waals surface area contributed by atoms with Crippen LogP contribution in [-0.2, 0) is 13.3 Å². The van der Waals surface area contributed by atoms with E-state index in [-0.39, 0.29) is 24.0 Å². The van der Waals surface area contributed by atoms with Crippen LogP contribution >= 0.6 is 0 Å². The van der Waals surface area contributed by atoms with E-state index >= 15 is 0 Å². The summed E-state index contributed by atoms with van der Waals surface area (Å²) in [7, 11) is 2.44. The molecule has 8 heteroatoms. The Hall–Kier alpha value is -2.76. The first-order chi connectivity index (χ1) is 22.4. The van der Waals surface area contributed by atoms with Crippen LogP contribution in [0.4, 0.5) is 11.4 Å². The molecule has 0 radical (unpaired) electrons. The highest BCUT2D eigenvalue weighted by Crippen LogP contribution is 2.38. The van der Waals surface area contributed by atoms with E-state index in [1.807, 2.05) is 0 Å². The van der Waals surface area contributed by atoms with Gasteiger partial charge in [-0.25, -0.2) is 4.58 Å². The van der Waals surface area contributed by atoms with Crippen molar-refractivity contribution in [3.63, 3.8) is 0 Å². The number of halogens is 1. The van der Waals surface area contributed by atoms with Gasteiger partial charge in [0, 0.05) is 77.4 Å². The van der Waals surface area contributed by atoms with Crippen molar-refractivity contribution in [1.82, 2.24) is 0 Å². The van der Waals surface area contributed by atoms with Crippen molar-refractivity contribution in [1.29, 1.82) is 0 Å². The molecule has 0 atom stereocenters. The summed E-state index contributed by atoms with van der Waals surface area (Å²) in [5.41, 5.74) is 11.2. The topological polar surface area (TPSA) is 37.2 Å². The molecule has 0 saturated carbocycles. The number of rotatable bonds is 16. The van der Waals surface area contributed by atoms with E-state index in [2.05, 4.69) is 134 Å². The second kappa shape index (κ2) is 18.7. The van der Waals surface area contributed by atoms with Gasteiger partial charge in [0.1, 0.15) is 13.1 Å². The van der Waals surface area contributed by atoms with Gasteiger partial charge in [-0.3, -0.25) is 0 Å². The molecule has 3 aromatic rings. The van der Waals surface area contributed by atoms with Crippen molar-refractivity contribution in [3.8, 4) is 0 Å². The van der Waals surface area contributed by atoms with Gasteiger partial charge in [-0.15, -0.1) is 0 Å². The fourth-order valence-corrected chi connectivity index (χ4v) is 8.30. The molecule has 0 spiro atoms.